The summed E-state index contributed by atoms with van der Waals surface area (Å²) in [6, 6.07) is 8.20. The monoisotopic (exact) mass is 232 g/mol. The molecule has 0 aliphatic carbocycles. The zero-order chi connectivity index (χ0) is 12.3. The van der Waals surface area contributed by atoms with Gasteiger partial charge >= 0.3 is 0 Å². The van der Waals surface area contributed by atoms with Gasteiger partial charge in [-0.25, -0.2) is 0 Å². The second-order valence-corrected chi connectivity index (χ2v) is 4.83. The number of hydrogen-bond donors (Lipinski definition) is 0. The van der Waals surface area contributed by atoms with Gasteiger partial charge in [-0.15, -0.1) is 0 Å². The van der Waals surface area contributed by atoms with E-state index in [0.717, 1.165) is 25.2 Å². The van der Waals surface area contributed by atoms with Crippen molar-refractivity contribution in [1.29, 1.82) is 0 Å². The van der Waals surface area contributed by atoms with E-state index in [-0.39, 0.29) is 5.92 Å². The Morgan fingerprint density at radius 2 is 2.24 bits per heavy atom. The van der Waals surface area contributed by atoms with E-state index in [9.17, 15) is 4.79 Å². The first kappa shape index (κ1) is 12.2. The molecule has 0 amide bonds. The summed E-state index contributed by atoms with van der Waals surface area (Å²) in [7, 11) is 0. The molecule has 2 atom stereocenters. The molecular formula is C15H20O2. The predicted octanol–water partition coefficient (Wildman–Crippen LogP) is 3.56. The largest absolute Gasteiger partial charge is 0.493 e. The third-order valence-electron chi connectivity index (χ3n) is 3.62. The number of ketones is 1. The number of hydrogen-bond acceptors (Lipinski definition) is 2. The maximum Gasteiger partial charge on any atom is 0.135 e. The maximum absolute atomic E-state index is 11.7. The van der Waals surface area contributed by atoms with Crippen molar-refractivity contribution in [2.24, 2.45) is 5.92 Å². The fourth-order valence-electron chi connectivity index (χ4n) is 2.57. The molecule has 0 aromatic heterocycles. The zero-order valence-electron chi connectivity index (χ0n) is 10.6. The summed E-state index contributed by atoms with van der Waals surface area (Å²) in [6.45, 7) is 4.76. The second kappa shape index (κ2) is 5.35. The van der Waals surface area contributed by atoms with Crippen molar-refractivity contribution < 1.29 is 9.53 Å². The molecule has 0 saturated carbocycles. The molecule has 0 bridgehead atoms. The van der Waals surface area contributed by atoms with Gasteiger partial charge in [0.2, 0.25) is 0 Å². The molecule has 2 nitrogen and oxygen atoms in total. The van der Waals surface area contributed by atoms with Gasteiger partial charge in [0.15, 0.2) is 0 Å². The zero-order valence-corrected chi connectivity index (χ0v) is 10.6. The van der Waals surface area contributed by atoms with Gasteiger partial charge < -0.3 is 4.74 Å². The van der Waals surface area contributed by atoms with Crippen LogP contribution in [0.25, 0.3) is 0 Å². The number of ether oxygens (including phenoxy) is 1. The minimum Gasteiger partial charge on any atom is -0.493 e. The Balaban J connectivity index is 2.11. The highest BCUT2D eigenvalue weighted by Gasteiger charge is 2.24. The van der Waals surface area contributed by atoms with Crippen molar-refractivity contribution in [1.82, 2.24) is 0 Å². The highest BCUT2D eigenvalue weighted by Crippen LogP contribution is 2.37. The predicted molar refractivity (Wildman–Crippen MR) is 68.4 cm³/mol. The van der Waals surface area contributed by atoms with Crippen molar-refractivity contribution in [3.63, 3.8) is 0 Å². The van der Waals surface area contributed by atoms with Crippen molar-refractivity contribution in [2.75, 3.05) is 6.61 Å². The van der Waals surface area contributed by atoms with E-state index in [4.69, 9.17) is 4.74 Å². The second-order valence-electron chi connectivity index (χ2n) is 4.83. The van der Waals surface area contributed by atoms with E-state index < -0.39 is 0 Å². The van der Waals surface area contributed by atoms with E-state index in [1.54, 1.807) is 0 Å². The van der Waals surface area contributed by atoms with Gasteiger partial charge in [0.25, 0.3) is 0 Å². The number of rotatable bonds is 4. The summed E-state index contributed by atoms with van der Waals surface area (Å²) < 4.78 is 5.64. The standard InChI is InChI=1S/C15H20O2/c1-3-14(16)11(2)10-12-8-9-17-15-7-5-4-6-13(12)15/h4-7,11-12H,3,8-10H2,1-2H3. The van der Waals surface area contributed by atoms with Crippen LogP contribution < -0.4 is 4.74 Å². The average Bonchev–Trinajstić information content (AvgIpc) is 2.38. The quantitative estimate of drug-likeness (QED) is 0.793. The van der Waals surface area contributed by atoms with E-state index in [1.807, 2.05) is 32.0 Å². The lowest BCUT2D eigenvalue weighted by Gasteiger charge is -2.27. The van der Waals surface area contributed by atoms with Crippen LogP contribution in [0, 0.1) is 5.92 Å². The molecule has 1 aliphatic rings. The molecule has 0 fully saturated rings. The molecule has 1 aromatic carbocycles. The topological polar surface area (TPSA) is 26.3 Å². The number of para-hydroxylation sites is 1. The van der Waals surface area contributed by atoms with Crippen LogP contribution in [0.5, 0.6) is 5.75 Å². The molecule has 0 spiro atoms. The summed E-state index contributed by atoms with van der Waals surface area (Å²) in [5, 5.41) is 0. The summed E-state index contributed by atoms with van der Waals surface area (Å²) in [4.78, 5) is 11.7. The molecular weight excluding hydrogens is 212 g/mol. The van der Waals surface area contributed by atoms with Crippen LogP contribution in [0.4, 0.5) is 0 Å². The summed E-state index contributed by atoms with van der Waals surface area (Å²) >= 11 is 0. The van der Waals surface area contributed by atoms with Crippen molar-refractivity contribution >= 4 is 5.78 Å². The van der Waals surface area contributed by atoms with Crippen molar-refractivity contribution in [3.05, 3.63) is 29.8 Å². The molecule has 2 unspecified atom stereocenters. The first-order chi connectivity index (χ1) is 8.22. The molecule has 0 N–H and O–H groups in total. The highest BCUT2D eigenvalue weighted by atomic mass is 16.5. The number of fused-ring (bicyclic) bond motifs is 1. The van der Waals surface area contributed by atoms with Crippen LogP contribution in [0.15, 0.2) is 24.3 Å². The molecule has 92 valence electrons. The molecule has 2 rings (SSSR count). The van der Waals surface area contributed by atoms with Crippen LogP contribution in [0.3, 0.4) is 0 Å². The van der Waals surface area contributed by atoms with Crippen LogP contribution in [0.1, 0.15) is 44.6 Å². The summed E-state index contributed by atoms with van der Waals surface area (Å²) in [5.41, 5.74) is 1.27. The fraction of sp³-hybridized carbons (Fsp3) is 0.533. The van der Waals surface area contributed by atoms with Crippen molar-refractivity contribution in [3.8, 4) is 5.75 Å². The third-order valence-corrected chi connectivity index (χ3v) is 3.62. The fourth-order valence-corrected chi connectivity index (χ4v) is 2.57. The number of carbonyl (C=O) groups is 1. The Labute approximate surface area is 103 Å². The lowest BCUT2D eigenvalue weighted by atomic mass is 9.84. The molecule has 17 heavy (non-hydrogen) atoms. The van der Waals surface area contributed by atoms with Gasteiger partial charge in [-0.05, 0) is 30.4 Å². The molecule has 1 heterocycles. The molecule has 0 radical (unpaired) electrons. The Morgan fingerprint density at radius 3 is 3.00 bits per heavy atom. The SMILES string of the molecule is CCC(=O)C(C)CC1CCOc2ccccc21. The maximum atomic E-state index is 11.7. The summed E-state index contributed by atoms with van der Waals surface area (Å²) in [5.74, 6) is 2.01. The van der Waals surface area contributed by atoms with Crippen molar-refractivity contribution in [2.45, 2.75) is 39.0 Å². The Hall–Kier alpha value is -1.31. The normalized spacial score (nSPS) is 20.2. The lowest BCUT2D eigenvalue weighted by Crippen LogP contribution is -2.19. The Morgan fingerprint density at radius 1 is 1.47 bits per heavy atom. The van der Waals surface area contributed by atoms with Gasteiger partial charge in [0, 0.05) is 12.3 Å². The Kier molecular flexibility index (Phi) is 3.82. The van der Waals surface area contributed by atoms with E-state index in [0.29, 0.717) is 18.1 Å². The molecule has 1 aromatic rings. The number of benzene rings is 1. The van der Waals surface area contributed by atoms with Crippen LogP contribution >= 0.6 is 0 Å². The first-order valence-electron chi connectivity index (χ1n) is 6.46. The van der Waals surface area contributed by atoms with Crippen LogP contribution in [-0.2, 0) is 4.79 Å². The van der Waals surface area contributed by atoms with Gasteiger partial charge in [0.05, 0.1) is 6.61 Å². The van der Waals surface area contributed by atoms with Gasteiger partial charge in [-0.3, -0.25) is 4.79 Å². The van der Waals surface area contributed by atoms with Gasteiger partial charge in [-0.2, -0.15) is 0 Å². The van der Waals surface area contributed by atoms with E-state index in [2.05, 4.69) is 6.07 Å². The highest BCUT2D eigenvalue weighted by molar-refractivity contribution is 5.80. The Bertz CT molecular complexity index is 398. The van der Waals surface area contributed by atoms with Gasteiger partial charge in [0.1, 0.15) is 11.5 Å². The smallest absolute Gasteiger partial charge is 0.135 e. The van der Waals surface area contributed by atoms with E-state index >= 15 is 0 Å². The summed E-state index contributed by atoms with van der Waals surface area (Å²) in [6.07, 6.45) is 2.62. The number of Topliss-reactive ketones (excluding diaryl/α,β-unsaturated/α-hetero) is 1. The number of carbonyl (C=O) groups excluding carboxylic acids is 1. The first-order valence-corrected chi connectivity index (χ1v) is 6.46. The average molecular weight is 232 g/mol. The lowest BCUT2D eigenvalue weighted by molar-refractivity contribution is -0.122. The van der Waals surface area contributed by atoms with E-state index in [1.165, 1.54) is 5.56 Å². The minimum atomic E-state index is 0.163. The van der Waals surface area contributed by atoms with Crippen LogP contribution in [-0.4, -0.2) is 12.4 Å². The third kappa shape index (κ3) is 2.68. The van der Waals surface area contributed by atoms with Gasteiger partial charge in [-0.1, -0.05) is 32.0 Å². The molecule has 1 aliphatic heterocycles. The molecule has 0 saturated heterocycles. The van der Waals surface area contributed by atoms with Crippen LogP contribution in [0.2, 0.25) is 0 Å². The minimum absolute atomic E-state index is 0.163. The molecule has 2 heteroatoms.